The molecule has 12 nitrogen and oxygen atoms in total. The van der Waals surface area contributed by atoms with Crippen molar-refractivity contribution in [3.8, 4) is 0 Å². The van der Waals surface area contributed by atoms with Crippen LogP contribution in [-0.4, -0.2) is 116 Å². The molecule has 380 valence electrons. The molecule has 12 heteroatoms. The molecule has 0 unspecified atom stereocenters. The molecular formula is C55H89NO11. The molecule has 0 aromatic rings. The summed E-state index contributed by atoms with van der Waals surface area (Å²) < 4.78 is 37.0. The van der Waals surface area contributed by atoms with Crippen LogP contribution in [0.4, 0.5) is 0 Å². The lowest BCUT2D eigenvalue weighted by Gasteiger charge is -2.43. The van der Waals surface area contributed by atoms with Crippen LogP contribution in [0.15, 0.2) is 47.6 Å². The van der Waals surface area contributed by atoms with E-state index in [0.29, 0.717) is 69.8 Å². The number of cyclic esters (lactones) is 1. The predicted molar refractivity (Wildman–Crippen MR) is 262 cm³/mol. The standard InChI is InChI=1S/C55H89NO11/c1-14-65-48-33-49(39(7)30-43-25-23-36(4)46(31-43)62-11)66-54(60)45-22-18-19-27-56(45)53(59)52(58)55(61)41(9)24-26-44(67-55)32-47(63-12)35(3)21-17-15-16-20-34(2)28-40(8)50(57)51(64-13)42(10)37(5)29-38(48)6/h15-17,20-21,29,34,36,38-49,51,61H,14,18-19,22-28,30-33H2,1-13H3/b17-15+,20-16+,35-21+,37-29+/t34-,36-,38-,39-,40-,41-,42-,43+,44+,45+,46-,47+,48-,49+,51-,55-/m1/s1. The van der Waals surface area contributed by atoms with E-state index in [-0.39, 0.29) is 60.2 Å². The molecule has 0 aromatic heterocycles. The second-order valence-corrected chi connectivity index (χ2v) is 21.0. The minimum Gasteiger partial charge on any atom is -0.460 e. The van der Waals surface area contributed by atoms with Crippen LogP contribution in [0, 0.1) is 47.3 Å². The highest BCUT2D eigenvalue weighted by Gasteiger charge is 2.53. The van der Waals surface area contributed by atoms with Crippen LogP contribution in [0.1, 0.15) is 146 Å². The van der Waals surface area contributed by atoms with Crippen molar-refractivity contribution in [3.05, 3.63) is 47.6 Å². The van der Waals surface area contributed by atoms with E-state index >= 15 is 0 Å². The number of rotatable bonds is 8. The lowest BCUT2D eigenvalue weighted by molar-refractivity contribution is -0.265. The number of amides is 1. The van der Waals surface area contributed by atoms with Crippen LogP contribution in [0.3, 0.4) is 0 Å². The molecule has 3 heterocycles. The van der Waals surface area contributed by atoms with Gasteiger partial charge < -0.3 is 38.4 Å². The first-order valence-electron chi connectivity index (χ1n) is 25.7. The number of hydrogen-bond donors (Lipinski definition) is 1. The van der Waals surface area contributed by atoms with Gasteiger partial charge in [0.25, 0.3) is 11.7 Å². The van der Waals surface area contributed by atoms with Gasteiger partial charge in [-0.05, 0) is 114 Å². The summed E-state index contributed by atoms with van der Waals surface area (Å²) in [5, 5.41) is 12.0. The van der Waals surface area contributed by atoms with E-state index in [2.05, 4.69) is 39.8 Å². The number of ether oxygens (including phenoxy) is 6. The van der Waals surface area contributed by atoms with Gasteiger partial charge in [-0.25, -0.2) is 4.79 Å². The van der Waals surface area contributed by atoms with Crippen LogP contribution < -0.4 is 0 Å². The van der Waals surface area contributed by atoms with E-state index in [9.17, 15) is 24.3 Å². The summed E-state index contributed by atoms with van der Waals surface area (Å²) in [6, 6.07) is -1.00. The molecule has 1 saturated carbocycles. The van der Waals surface area contributed by atoms with Gasteiger partial charge in [-0.15, -0.1) is 0 Å². The van der Waals surface area contributed by atoms with Crippen molar-refractivity contribution in [1.29, 1.82) is 0 Å². The molecule has 0 spiro atoms. The van der Waals surface area contributed by atoms with Gasteiger partial charge in [-0.3, -0.25) is 14.4 Å². The number of Topliss-reactive ketones (excluding diaryl/α,β-unsaturated/α-hetero) is 2. The molecule has 67 heavy (non-hydrogen) atoms. The molecule has 3 fully saturated rings. The van der Waals surface area contributed by atoms with Crippen LogP contribution in [0.2, 0.25) is 0 Å². The van der Waals surface area contributed by atoms with Crippen molar-refractivity contribution in [3.63, 3.8) is 0 Å². The third-order valence-corrected chi connectivity index (χ3v) is 15.8. The zero-order chi connectivity index (χ0) is 49.6. The number of carbonyl (C=O) groups is 4. The summed E-state index contributed by atoms with van der Waals surface area (Å²) in [5.41, 5.74) is 1.94. The molecule has 1 N–H and O–H groups in total. The lowest BCUT2D eigenvalue weighted by atomic mass is 9.75. The Labute approximate surface area is 404 Å². The number of ketones is 2. The Morgan fingerprint density at radius 1 is 0.821 bits per heavy atom. The predicted octanol–water partition coefficient (Wildman–Crippen LogP) is 9.57. The van der Waals surface area contributed by atoms with Crippen molar-refractivity contribution in [2.24, 2.45) is 47.3 Å². The first-order valence-corrected chi connectivity index (χ1v) is 25.7. The van der Waals surface area contributed by atoms with E-state index in [1.165, 1.54) is 4.90 Å². The minimum atomic E-state index is -2.37. The minimum absolute atomic E-state index is 0.0634. The molecule has 3 aliphatic heterocycles. The second kappa shape index (κ2) is 26.8. The number of methoxy groups -OCH3 is 3. The molecule has 1 aliphatic carbocycles. The van der Waals surface area contributed by atoms with Crippen molar-refractivity contribution >= 4 is 23.4 Å². The fraction of sp³-hybridized carbons (Fsp3) is 0.782. The van der Waals surface area contributed by atoms with E-state index in [4.69, 9.17) is 28.4 Å². The monoisotopic (exact) mass is 940 g/mol. The Balaban J connectivity index is 1.74. The fourth-order valence-corrected chi connectivity index (χ4v) is 11.1. The van der Waals surface area contributed by atoms with Crippen LogP contribution in [-0.2, 0) is 47.6 Å². The normalized spacial score (nSPS) is 40.7. The highest BCUT2D eigenvalue weighted by atomic mass is 16.6. The number of hydrogen-bond acceptors (Lipinski definition) is 11. The number of piperidine rings is 1. The summed E-state index contributed by atoms with van der Waals surface area (Å²) in [4.78, 5) is 58.7. The van der Waals surface area contributed by atoms with E-state index in [0.717, 1.165) is 36.8 Å². The Hall–Kier alpha value is -3.00. The number of carbonyl (C=O) groups excluding carboxylic acids is 4. The number of fused-ring (bicyclic) bond motifs is 3. The average Bonchev–Trinajstić information content (AvgIpc) is 3.30. The summed E-state index contributed by atoms with van der Waals surface area (Å²) in [6.45, 7) is 20.9. The maximum Gasteiger partial charge on any atom is 0.329 e. The van der Waals surface area contributed by atoms with E-state index < -0.39 is 53.7 Å². The molecular weight excluding hydrogens is 851 g/mol. The SMILES string of the molecule is CCO[C@@H]1C[C@@H]([C@H](C)C[C@@H]2CC[C@@H](C)[C@H](OC)C2)OC(=O)[C@@H]2CCCCN2C(=O)C(=O)[C@]2(O)O[C@@H](CC[C@H]2C)C[C@H](OC)/C(C)=C/C=C/C=C/[C@@H](C)C[C@@H](C)C(=O)[C@H](OC)[C@H](C)/C(C)=C/[C@H]1C. The smallest absolute Gasteiger partial charge is 0.329 e. The topological polar surface area (TPSA) is 147 Å². The lowest BCUT2D eigenvalue weighted by Crippen LogP contribution is -2.61. The van der Waals surface area contributed by atoms with Gasteiger partial charge in [0.1, 0.15) is 18.2 Å². The van der Waals surface area contributed by atoms with E-state index in [1.807, 2.05) is 58.9 Å². The van der Waals surface area contributed by atoms with E-state index in [1.54, 1.807) is 28.3 Å². The molecule has 16 atom stereocenters. The molecule has 4 rings (SSSR count). The molecule has 2 saturated heterocycles. The van der Waals surface area contributed by atoms with Gasteiger partial charge in [-0.1, -0.05) is 90.5 Å². The van der Waals surface area contributed by atoms with Gasteiger partial charge in [0.05, 0.1) is 24.4 Å². The average molecular weight is 940 g/mol. The van der Waals surface area contributed by atoms with Crippen molar-refractivity contribution in [2.45, 2.75) is 195 Å². The zero-order valence-electron chi connectivity index (χ0n) is 43.5. The quantitative estimate of drug-likeness (QED) is 0.141. The highest BCUT2D eigenvalue weighted by molar-refractivity contribution is 6.39. The Morgan fingerprint density at radius 3 is 2.22 bits per heavy atom. The van der Waals surface area contributed by atoms with Gasteiger partial charge in [-0.2, -0.15) is 0 Å². The van der Waals surface area contributed by atoms with Gasteiger partial charge in [0.2, 0.25) is 5.79 Å². The first-order chi connectivity index (χ1) is 31.8. The van der Waals surface area contributed by atoms with Crippen molar-refractivity contribution < 1.29 is 52.7 Å². The molecule has 2 bridgehead atoms. The Bertz CT molecular complexity index is 1740. The van der Waals surface area contributed by atoms with Gasteiger partial charge in [0.15, 0.2) is 5.78 Å². The van der Waals surface area contributed by atoms with Gasteiger partial charge >= 0.3 is 5.97 Å². The number of nitrogens with zero attached hydrogens (tertiary/aromatic N) is 1. The first kappa shape index (κ1) is 56.6. The maximum absolute atomic E-state index is 14.7. The second-order valence-electron chi connectivity index (χ2n) is 21.0. The third-order valence-electron chi connectivity index (χ3n) is 15.8. The summed E-state index contributed by atoms with van der Waals surface area (Å²) in [7, 11) is 5.00. The van der Waals surface area contributed by atoms with Crippen LogP contribution in [0.5, 0.6) is 0 Å². The highest BCUT2D eigenvalue weighted by Crippen LogP contribution is 2.39. The molecule has 4 aliphatic rings. The van der Waals surface area contributed by atoms with Crippen molar-refractivity contribution in [1.82, 2.24) is 4.90 Å². The van der Waals surface area contributed by atoms with Crippen LogP contribution >= 0.6 is 0 Å². The summed E-state index contributed by atoms with van der Waals surface area (Å²) >= 11 is 0. The van der Waals surface area contributed by atoms with Crippen LogP contribution in [0.25, 0.3) is 0 Å². The third kappa shape index (κ3) is 15.2. The molecule has 1 amide bonds. The maximum atomic E-state index is 14.7. The Kier molecular flexibility index (Phi) is 22.7. The zero-order valence-corrected chi connectivity index (χ0v) is 43.5. The Morgan fingerprint density at radius 2 is 1.55 bits per heavy atom. The largest absolute Gasteiger partial charge is 0.460 e. The molecule has 0 aromatic carbocycles. The van der Waals surface area contributed by atoms with Gasteiger partial charge in [0, 0.05) is 71.0 Å². The number of allylic oxidation sites excluding steroid dienone is 5. The molecule has 0 radical (unpaired) electrons. The summed E-state index contributed by atoms with van der Waals surface area (Å²) in [5.74, 6) is -5.11. The van der Waals surface area contributed by atoms with Crippen molar-refractivity contribution in [2.75, 3.05) is 34.5 Å². The summed E-state index contributed by atoms with van der Waals surface area (Å²) in [6.07, 6.45) is 17.8. The number of esters is 1. The number of aliphatic hydroxyl groups is 1. The fourth-order valence-electron chi connectivity index (χ4n) is 11.1.